The highest BCUT2D eigenvalue weighted by Crippen LogP contribution is 2.19. The molecular weight excluding hydrogens is 268 g/mol. The van der Waals surface area contributed by atoms with E-state index in [9.17, 15) is 13.2 Å². The van der Waals surface area contributed by atoms with Crippen LogP contribution in [0.5, 0.6) is 0 Å². The predicted octanol–water partition coefficient (Wildman–Crippen LogP) is 0.695. The topological polar surface area (TPSA) is 86.7 Å². The molecule has 0 aromatic heterocycles. The lowest BCUT2D eigenvalue weighted by atomic mass is 10.3. The molecule has 0 heterocycles. The van der Waals surface area contributed by atoms with E-state index < -0.39 is 22.7 Å². The summed E-state index contributed by atoms with van der Waals surface area (Å²) in [5.74, 6) is -1.25. The fraction of sp³-hybridized carbons (Fsp3) is 0.222. The lowest BCUT2D eigenvalue weighted by molar-refractivity contribution is -0.135. The number of carboxylic acid groups (broad SMARTS) is 1. The predicted molar refractivity (Wildman–Crippen MR) is 64.4 cm³/mol. The van der Waals surface area contributed by atoms with Gasteiger partial charge in [-0.2, -0.15) is 8.42 Å². The van der Waals surface area contributed by atoms with Gasteiger partial charge in [-0.05, 0) is 24.3 Å². The first-order chi connectivity index (χ1) is 7.86. The van der Waals surface area contributed by atoms with Crippen molar-refractivity contribution in [2.75, 3.05) is 17.9 Å². The summed E-state index contributed by atoms with van der Waals surface area (Å²) in [6.45, 7) is -0.662. The summed E-state index contributed by atoms with van der Waals surface area (Å²) in [7, 11) is -2.65. The Balaban J connectivity index is 3.15. The van der Waals surface area contributed by atoms with Crippen LogP contribution in [0.4, 0.5) is 5.69 Å². The molecule has 0 unspecified atom stereocenters. The third-order valence-corrected chi connectivity index (χ3v) is 3.63. The number of hydrogen-bond donors (Lipinski definition) is 2. The van der Waals surface area contributed by atoms with Crippen LogP contribution < -0.4 is 9.03 Å². The Labute approximate surface area is 104 Å². The van der Waals surface area contributed by atoms with E-state index in [-0.39, 0.29) is 5.69 Å². The Morgan fingerprint density at radius 2 is 1.94 bits per heavy atom. The van der Waals surface area contributed by atoms with Crippen LogP contribution in [-0.4, -0.2) is 33.1 Å². The first-order valence-corrected chi connectivity index (χ1v) is 6.37. The molecule has 0 bridgehead atoms. The minimum Gasteiger partial charge on any atom is -0.480 e. The first kappa shape index (κ1) is 13.8. The van der Waals surface area contributed by atoms with Gasteiger partial charge in [-0.3, -0.25) is 4.79 Å². The molecule has 6 nitrogen and oxygen atoms in total. The maximum absolute atomic E-state index is 11.6. The van der Waals surface area contributed by atoms with Gasteiger partial charge in [-0.25, -0.2) is 9.03 Å². The van der Waals surface area contributed by atoms with Crippen molar-refractivity contribution in [2.45, 2.75) is 0 Å². The Kier molecular flexibility index (Phi) is 4.33. The Hall–Kier alpha value is -1.31. The number of anilines is 1. The van der Waals surface area contributed by atoms with Gasteiger partial charge in [0.15, 0.2) is 0 Å². The van der Waals surface area contributed by atoms with Gasteiger partial charge in [0.05, 0.1) is 5.69 Å². The van der Waals surface area contributed by atoms with Gasteiger partial charge in [0.1, 0.15) is 6.54 Å². The number of hydrogen-bond acceptors (Lipinski definition) is 3. The molecule has 1 aromatic rings. The minimum absolute atomic E-state index is 0.228. The maximum Gasteiger partial charge on any atom is 0.324 e. The van der Waals surface area contributed by atoms with Gasteiger partial charge in [0.2, 0.25) is 0 Å². The second kappa shape index (κ2) is 5.35. The van der Waals surface area contributed by atoms with Gasteiger partial charge in [-0.1, -0.05) is 11.6 Å². The van der Waals surface area contributed by atoms with Crippen LogP contribution in [0.25, 0.3) is 0 Å². The molecular formula is C9H11ClN2O4S. The summed E-state index contributed by atoms with van der Waals surface area (Å²) in [4.78, 5) is 10.7. The molecule has 1 rings (SSSR count). The van der Waals surface area contributed by atoms with Crippen molar-refractivity contribution in [2.24, 2.45) is 0 Å². The second-order valence-electron chi connectivity index (χ2n) is 3.09. The largest absolute Gasteiger partial charge is 0.480 e. The average molecular weight is 279 g/mol. The molecule has 0 atom stereocenters. The van der Waals surface area contributed by atoms with Crippen molar-refractivity contribution in [3.8, 4) is 0 Å². The summed E-state index contributed by atoms with van der Waals surface area (Å²) in [6.07, 6.45) is 0. The van der Waals surface area contributed by atoms with Crippen molar-refractivity contribution in [1.29, 1.82) is 0 Å². The highest BCUT2D eigenvalue weighted by Gasteiger charge is 2.23. The number of carbonyl (C=O) groups is 1. The normalized spacial score (nSPS) is 11.2. The zero-order valence-electron chi connectivity index (χ0n) is 8.92. The summed E-state index contributed by atoms with van der Waals surface area (Å²) in [5, 5.41) is 9.13. The van der Waals surface area contributed by atoms with Crippen LogP contribution in [0.15, 0.2) is 24.3 Å². The Morgan fingerprint density at radius 3 is 2.35 bits per heavy atom. The van der Waals surface area contributed by atoms with Crippen molar-refractivity contribution in [3.63, 3.8) is 0 Å². The van der Waals surface area contributed by atoms with Crippen LogP contribution in [0.2, 0.25) is 5.02 Å². The fourth-order valence-corrected chi connectivity index (χ4v) is 2.18. The average Bonchev–Trinajstić information content (AvgIpc) is 2.27. The van der Waals surface area contributed by atoms with Gasteiger partial charge in [-0.15, -0.1) is 0 Å². The van der Waals surface area contributed by atoms with Gasteiger partial charge >= 0.3 is 16.2 Å². The minimum atomic E-state index is -3.86. The van der Waals surface area contributed by atoms with E-state index >= 15 is 0 Å². The van der Waals surface area contributed by atoms with E-state index in [1.54, 1.807) is 0 Å². The standard InChI is InChI=1S/C9H11ClN2O4S/c1-11-17(15,16)12(6-9(13)14)8-4-2-7(10)3-5-8/h2-5,11H,6H2,1H3,(H,13,14). The van der Waals surface area contributed by atoms with Crippen molar-refractivity contribution in [3.05, 3.63) is 29.3 Å². The number of aliphatic carboxylic acids is 1. The van der Waals surface area contributed by atoms with Crippen molar-refractivity contribution in [1.82, 2.24) is 4.72 Å². The summed E-state index contributed by atoms with van der Waals surface area (Å²) in [5.41, 5.74) is 0.228. The molecule has 8 heteroatoms. The molecule has 94 valence electrons. The third kappa shape index (κ3) is 3.58. The molecule has 17 heavy (non-hydrogen) atoms. The van der Waals surface area contributed by atoms with E-state index in [4.69, 9.17) is 16.7 Å². The second-order valence-corrected chi connectivity index (χ2v) is 5.32. The molecule has 0 aliphatic carbocycles. The Morgan fingerprint density at radius 1 is 1.41 bits per heavy atom. The van der Waals surface area contributed by atoms with E-state index in [0.717, 1.165) is 4.31 Å². The van der Waals surface area contributed by atoms with Crippen LogP contribution in [0.1, 0.15) is 0 Å². The number of halogens is 1. The van der Waals surface area contributed by atoms with Crippen molar-refractivity contribution < 1.29 is 18.3 Å². The smallest absolute Gasteiger partial charge is 0.324 e. The molecule has 0 saturated carbocycles. The van der Waals surface area contributed by atoms with E-state index in [1.165, 1.54) is 31.3 Å². The zero-order chi connectivity index (χ0) is 13.1. The third-order valence-electron chi connectivity index (χ3n) is 1.94. The quantitative estimate of drug-likeness (QED) is 0.830. The van der Waals surface area contributed by atoms with Gasteiger partial charge < -0.3 is 5.11 Å². The molecule has 0 fully saturated rings. The highest BCUT2D eigenvalue weighted by atomic mass is 35.5. The van der Waals surface area contributed by atoms with Gasteiger partial charge in [0.25, 0.3) is 0 Å². The summed E-state index contributed by atoms with van der Waals surface area (Å²) >= 11 is 5.67. The lowest BCUT2D eigenvalue weighted by Crippen LogP contribution is -2.42. The lowest BCUT2D eigenvalue weighted by Gasteiger charge is -2.21. The highest BCUT2D eigenvalue weighted by molar-refractivity contribution is 7.90. The summed E-state index contributed by atoms with van der Waals surface area (Å²) < 4.78 is 26.1. The maximum atomic E-state index is 11.6. The number of nitrogens with zero attached hydrogens (tertiary/aromatic N) is 1. The number of carboxylic acids is 1. The van der Waals surface area contributed by atoms with E-state index in [1.807, 2.05) is 0 Å². The first-order valence-electron chi connectivity index (χ1n) is 4.55. The van der Waals surface area contributed by atoms with Crippen LogP contribution in [-0.2, 0) is 15.0 Å². The monoisotopic (exact) mass is 278 g/mol. The van der Waals surface area contributed by atoms with E-state index in [0.29, 0.717) is 5.02 Å². The molecule has 2 N–H and O–H groups in total. The summed E-state index contributed by atoms with van der Waals surface area (Å²) in [6, 6.07) is 5.83. The van der Waals surface area contributed by atoms with E-state index in [2.05, 4.69) is 4.72 Å². The molecule has 0 radical (unpaired) electrons. The zero-order valence-corrected chi connectivity index (χ0v) is 10.5. The molecule has 1 aromatic carbocycles. The molecule has 0 amide bonds. The van der Waals surface area contributed by atoms with Crippen LogP contribution in [0.3, 0.4) is 0 Å². The Bertz CT molecular complexity index is 500. The molecule has 0 saturated heterocycles. The molecule has 0 spiro atoms. The number of nitrogens with one attached hydrogen (secondary N) is 1. The molecule has 0 aliphatic rings. The molecule has 0 aliphatic heterocycles. The van der Waals surface area contributed by atoms with Crippen molar-refractivity contribution >= 4 is 33.5 Å². The number of benzene rings is 1. The van der Waals surface area contributed by atoms with Gasteiger partial charge in [0, 0.05) is 12.1 Å². The van der Waals surface area contributed by atoms with Crippen LogP contribution in [0, 0.1) is 0 Å². The fourth-order valence-electron chi connectivity index (χ4n) is 1.16. The number of rotatable bonds is 5. The SMILES string of the molecule is CNS(=O)(=O)N(CC(=O)O)c1ccc(Cl)cc1. The van der Waals surface area contributed by atoms with Crippen LogP contribution >= 0.6 is 11.6 Å².